The fourth-order valence-corrected chi connectivity index (χ4v) is 4.18. The second-order valence-electron chi connectivity index (χ2n) is 7.12. The maximum atomic E-state index is 12.9. The van der Waals surface area contributed by atoms with E-state index in [0.717, 1.165) is 38.1 Å². The Morgan fingerprint density at radius 1 is 1.28 bits per heavy atom. The van der Waals surface area contributed by atoms with Crippen LogP contribution in [0.5, 0.6) is 0 Å². The fourth-order valence-electron chi connectivity index (χ4n) is 4.18. The van der Waals surface area contributed by atoms with E-state index in [0.29, 0.717) is 26.1 Å². The molecule has 0 saturated carbocycles. The summed E-state index contributed by atoms with van der Waals surface area (Å²) in [5.74, 6) is 0.453. The Bertz CT molecular complexity index is 612. The van der Waals surface area contributed by atoms with E-state index < -0.39 is 0 Å². The number of carbonyl (C=O) groups excluding carboxylic acids is 2. The second kappa shape index (κ2) is 7.07. The topological polar surface area (TPSA) is 75.0 Å². The van der Waals surface area contributed by atoms with Crippen LogP contribution < -0.4 is 5.32 Å². The fraction of sp³-hybridized carbons (Fsp3) is 0.667. The Hall–Kier alpha value is -2.02. The standard InChI is InChI=1S/C18H25N3O4/c22-17(19-11-14-4-3-8-24-14)13-10-16-15(5-9-25-16)21(12-13)18(23)20-6-1-2-7-20/h3-4,8,13,15-16H,1-2,5-7,9-12H2,(H,19,22)/t13-,15+,16+/m0/s1. The van der Waals surface area contributed by atoms with Crippen LogP contribution in [-0.4, -0.2) is 60.1 Å². The van der Waals surface area contributed by atoms with Gasteiger partial charge in [0, 0.05) is 26.2 Å². The SMILES string of the molecule is O=C(NCc1ccco1)[C@H]1C[C@H]2OCC[C@H]2N(C(=O)N2CCCC2)C1. The van der Waals surface area contributed by atoms with Crippen LogP contribution in [0, 0.1) is 5.92 Å². The highest BCUT2D eigenvalue weighted by atomic mass is 16.5. The summed E-state index contributed by atoms with van der Waals surface area (Å²) in [6.07, 6.45) is 5.24. The van der Waals surface area contributed by atoms with E-state index in [9.17, 15) is 9.59 Å². The van der Waals surface area contributed by atoms with Gasteiger partial charge in [-0.3, -0.25) is 4.79 Å². The summed E-state index contributed by atoms with van der Waals surface area (Å²) in [6, 6.07) is 3.82. The molecule has 7 heteroatoms. The molecule has 3 atom stereocenters. The molecule has 0 unspecified atom stereocenters. The quantitative estimate of drug-likeness (QED) is 0.901. The molecule has 1 N–H and O–H groups in total. The molecule has 3 aliphatic rings. The van der Waals surface area contributed by atoms with Crippen LogP contribution in [-0.2, 0) is 16.1 Å². The molecule has 136 valence electrons. The number of piperidine rings is 1. The first-order valence-electron chi connectivity index (χ1n) is 9.19. The molecule has 4 heterocycles. The van der Waals surface area contributed by atoms with E-state index in [1.807, 2.05) is 15.9 Å². The first-order valence-corrected chi connectivity index (χ1v) is 9.19. The maximum Gasteiger partial charge on any atom is 0.320 e. The number of nitrogens with one attached hydrogen (secondary N) is 1. The average Bonchev–Trinajstić information content (AvgIpc) is 3.40. The van der Waals surface area contributed by atoms with Crippen LogP contribution in [0.4, 0.5) is 4.79 Å². The van der Waals surface area contributed by atoms with Crippen molar-refractivity contribution in [3.8, 4) is 0 Å². The molecule has 0 spiro atoms. The number of fused-ring (bicyclic) bond motifs is 1. The number of hydrogen-bond donors (Lipinski definition) is 1. The van der Waals surface area contributed by atoms with Gasteiger partial charge in [0.1, 0.15) is 5.76 Å². The zero-order chi connectivity index (χ0) is 17.2. The van der Waals surface area contributed by atoms with Crippen LogP contribution >= 0.6 is 0 Å². The average molecular weight is 347 g/mol. The lowest BCUT2D eigenvalue weighted by molar-refractivity contribution is -0.129. The highest BCUT2D eigenvalue weighted by Crippen LogP contribution is 2.32. The molecule has 0 bridgehead atoms. The van der Waals surface area contributed by atoms with Gasteiger partial charge in [-0.2, -0.15) is 0 Å². The van der Waals surface area contributed by atoms with Gasteiger partial charge >= 0.3 is 6.03 Å². The summed E-state index contributed by atoms with van der Waals surface area (Å²) < 4.78 is 11.1. The largest absolute Gasteiger partial charge is 0.467 e. The summed E-state index contributed by atoms with van der Waals surface area (Å²) in [6.45, 7) is 3.16. The van der Waals surface area contributed by atoms with Gasteiger partial charge in [0.25, 0.3) is 0 Å². The predicted molar refractivity (Wildman–Crippen MR) is 89.7 cm³/mol. The third kappa shape index (κ3) is 3.38. The molecule has 0 aromatic carbocycles. The lowest BCUT2D eigenvalue weighted by atomic mass is 9.89. The van der Waals surface area contributed by atoms with Crippen molar-refractivity contribution in [2.45, 2.75) is 44.4 Å². The van der Waals surface area contributed by atoms with Gasteiger partial charge < -0.3 is 24.3 Å². The number of amides is 3. The number of rotatable bonds is 3. The number of nitrogens with zero attached hydrogens (tertiary/aromatic N) is 2. The molecule has 3 fully saturated rings. The molecule has 3 amide bonds. The van der Waals surface area contributed by atoms with Crippen molar-refractivity contribution in [3.63, 3.8) is 0 Å². The highest BCUT2D eigenvalue weighted by Gasteiger charge is 2.45. The lowest BCUT2D eigenvalue weighted by Crippen LogP contribution is -2.57. The van der Waals surface area contributed by atoms with Crippen LogP contribution in [0.15, 0.2) is 22.8 Å². The van der Waals surface area contributed by atoms with Crippen LogP contribution in [0.25, 0.3) is 0 Å². The molecular weight excluding hydrogens is 322 g/mol. The van der Waals surface area contributed by atoms with E-state index in [-0.39, 0.29) is 30.0 Å². The minimum atomic E-state index is -0.235. The Morgan fingerprint density at radius 3 is 2.88 bits per heavy atom. The van der Waals surface area contributed by atoms with E-state index in [2.05, 4.69) is 5.32 Å². The van der Waals surface area contributed by atoms with Crippen molar-refractivity contribution in [2.24, 2.45) is 5.92 Å². The Morgan fingerprint density at radius 2 is 2.12 bits per heavy atom. The number of likely N-dealkylation sites (tertiary alicyclic amines) is 2. The van der Waals surface area contributed by atoms with Crippen LogP contribution in [0.3, 0.4) is 0 Å². The van der Waals surface area contributed by atoms with Gasteiger partial charge in [-0.25, -0.2) is 4.79 Å². The van der Waals surface area contributed by atoms with E-state index in [4.69, 9.17) is 9.15 Å². The minimum absolute atomic E-state index is 0.0281. The highest BCUT2D eigenvalue weighted by molar-refractivity contribution is 5.81. The van der Waals surface area contributed by atoms with Gasteiger partial charge in [0.15, 0.2) is 0 Å². The van der Waals surface area contributed by atoms with Gasteiger partial charge in [0.05, 0.1) is 30.9 Å². The minimum Gasteiger partial charge on any atom is -0.467 e. The summed E-state index contributed by atoms with van der Waals surface area (Å²) in [5, 5.41) is 2.92. The molecule has 4 rings (SSSR count). The third-order valence-corrected chi connectivity index (χ3v) is 5.52. The first-order chi connectivity index (χ1) is 12.2. The van der Waals surface area contributed by atoms with E-state index in [1.54, 1.807) is 12.3 Å². The normalized spacial score (nSPS) is 28.9. The predicted octanol–water partition coefficient (Wildman–Crippen LogP) is 1.59. The summed E-state index contributed by atoms with van der Waals surface area (Å²) in [5.41, 5.74) is 0. The molecular formula is C18H25N3O4. The van der Waals surface area contributed by atoms with E-state index in [1.165, 1.54) is 0 Å². The lowest BCUT2D eigenvalue weighted by Gasteiger charge is -2.41. The van der Waals surface area contributed by atoms with Gasteiger partial charge in [0.2, 0.25) is 5.91 Å². The van der Waals surface area contributed by atoms with Crippen molar-refractivity contribution >= 4 is 11.9 Å². The molecule has 1 aromatic rings. The Labute approximate surface area is 147 Å². The molecule has 0 radical (unpaired) electrons. The molecule has 25 heavy (non-hydrogen) atoms. The number of furan rings is 1. The van der Waals surface area contributed by atoms with Crippen LogP contribution in [0.1, 0.15) is 31.4 Å². The van der Waals surface area contributed by atoms with Crippen LogP contribution in [0.2, 0.25) is 0 Å². The van der Waals surface area contributed by atoms with Crippen molar-refractivity contribution in [2.75, 3.05) is 26.2 Å². The zero-order valence-corrected chi connectivity index (χ0v) is 14.4. The molecule has 3 saturated heterocycles. The first kappa shape index (κ1) is 16.4. The third-order valence-electron chi connectivity index (χ3n) is 5.52. The van der Waals surface area contributed by atoms with Crippen molar-refractivity contribution in [3.05, 3.63) is 24.2 Å². The van der Waals surface area contributed by atoms with E-state index >= 15 is 0 Å². The van der Waals surface area contributed by atoms with Gasteiger partial charge in [-0.1, -0.05) is 0 Å². The molecule has 0 aliphatic carbocycles. The zero-order valence-electron chi connectivity index (χ0n) is 14.4. The molecule has 3 aliphatic heterocycles. The Kier molecular flexibility index (Phi) is 4.65. The number of hydrogen-bond acceptors (Lipinski definition) is 4. The van der Waals surface area contributed by atoms with Crippen molar-refractivity contribution in [1.82, 2.24) is 15.1 Å². The summed E-state index contributed by atoms with van der Waals surface area (Å²) in [4.78, 5) is 29.3. The Balaban J connectivity index is 1.42. The number of ether oxygens (including phenoxy) is 1. The smallest absolute Gasteiger partial charge is 0.320 e. The van der Waals surface area contributed by atoms with Gasteiger partial charge in [-0.05, 0) is 37.8 Å². The van der Waals surface area contributed by atoms with Crippen molar-refractivity contribution in [1.29, 1.82) is 0 Å². The second-order valence-corrected chi connectivity index (χ2v) is 7.12. The maximum absolute atomic E-state index is 12.9. The summed E-state index contributed by atoms with van der Waals surface area (Å²) in [7, 11) is 0. The van der Waals surface area contributed by atoms with Crippen molar-refractivity contribution < 1.29 is 18.7 Å². The molecule has 1 aromatic heterocycles. The number of carbonyl (C=O) groups is 2. The monoisotopic (exact) mass is 347 g/mol. The summed E-state index contributed by atoms with van der Waals surface area (Å²) >= 11 is 0. The number of urea groups is 1. The molecule has 7 nitrogen and oxygen atoms in total. The van der Waals surface area contributed by atoms with Gasteiger partial charge in [-0.15, -0.1) is 0 Å².